The molecule has 0 aliphatic carbocycles. The highest BCUT2D eigenvalue weighted by Gasteiger charge is 2.25. The van der Waals surface area contributed by atoms with Crippen LogP contribution in [0.25, 0.3) is 0 Å². The predicted octanol–water partition coefficient (Wildman–Crippen LogP) is -1.20. The van der Waals surface area contributed by atoms with E-state index in [1.807, 2.05) is 0 Å². The van der Waals surface area contributed by atoms with Gasteiger partial charge in [-0.05, 0) is 13.0 Å². The number of rotatable bonds is 1. The number of aliphatic hydroxyl groups excluding tert-OH is 1. The van der Waals surface area contributed by atoms with Crippen molar-refractivity contribution in [3.05, 3.63) is 0 Å². The lowest BCUT2D eigenvalue weighted by atomic mass is 10.1. The summed E-state index contributed by atoms with van der Waals surface area (Å²) in [5, 5.41) is 12.2. The van der Waals surface area contributed by atoms with Crippen molar-refractivity contribution in [2.75, 3.05) is 13.1 Å². The molecule has 0 spiro atoms. The second kappa shape index (κ2) is 3.54. The number of carbonyl (C=O) groups is 1. The number of aliphatic hydroxyl groups is 1. The Bertz CT molecular complexity index is 151. The van der Waals surface area contributed by atoms with Gasteiger partial charge in [-0.25, -0.2) is 4.79 Å². The first-order chi connectivity index (χ1) is 5.20. The van der Waals surface area contributed by atoms with E-state index < -0.39 is 18.3 Å². The maximum absolute atomic E-state index is 10.3. The minimum atomic E-state index is -0.823. The van der Waals surface area contributed by atoms with Crippen molar-refractivity contribution >= 4 is 6.09 Å². The zero-order chi connectivity index (χ0) is 8.27. The van der Waals surface area contributed by atoms with E-state index in [0.29, 0.717) is 13.0 Å². The van der Waals surface area contributed by atoms with E-state index in [2.05, 4.69) is 10.1 Å². The van der Waals surface area contributed by atoms with Crippen LogP contribution in [0, 0.1) is 0 Å². The molecule has 2 unspecified atom stereocenters. The van der Waals surface area contributed by atoms with Gasteiger partial charge >= 0.3 is 6.09 Å². The summed E-state index contributed by atoms with van der Waals surface area (Å²) in [6.45, 7) is 1.20. The van der Waals surface area contributed by atoms with Crippen LogP contribution in [-0.4, -0.2) is 36.5 Å². The van der Waals surface area contributed by atoms with E-state index in [1.165, 1.54) is 0 Å². The van der Waals surface area contributed by atoms with Crippen molar-refractivity contribution in [1.82, 2.24) is 5.32 Å². The van der Waals surface area contributed by atoms with E-state index >= 15 is 0 Å². The molecule has 1 heterocycles. The molecule has 1 amide bonds. The number of piperidine rings is 1. The molecule has 0 saturated carbocycles. The highest BCUT2D eigenvalue weighted by Crippen LogP contribution is 2.07. The Morgan fingerprint density at radius 2 is 2.45 bits per heavy atom. The normalized spacial score (nSPS) is 31.4. The summed E-state index contributed by atoms with van der Waals surface area (Å²) in [6, 6.07) is 0. The molecule has 0 bridgehead atoms. The van der Waals surface area contributed by atoms with Crippen LogP contribution in [0.4, 0.5) is 4.79 Å². The van der Waals surface area contributed by atoms with Gasteiger partial charge in [0.15, 0.2) is 0 Å². The van der Waals surface area contributed by atoms with Gasteiger partial charge in [0.05, 0.1) is 0 Å². The van der Waals surface area contributed by atoms with Crippen molar-refractivity contribution in [3.63, 3.8) is 0 Å². The maximum atomic E-state index is 10.3. The van der Waals surface area contributed by atoms with Crippen LogP contribution in [0.15, 0.2) is 0 Å². The molecule has 0 aromatic carbocycles. The lowest BCUT2D eigenvalue weighted by Crippen LogP contribution is -2.46. The first-order valence-electron chi connectivity index (χ1n) is 3.55. The SMILES string of the molecule is NC(=O)OC1CCNCC1O. The molecule has 1 aliphatic rings. The molecule has 2 atom stereocenters. The summed E-state index contributed by atoms with van der Waals surface area (Å²) >= 11 is 0. The number of ether oxygens (including phenoxy) is 1. The Kier molecular flexibility index (Phi) is 2.67. The van der Waals surface area contributed by atoms with Crippen molar-refractivity contribution in [3.8, 4) is 0 Å². The highest BCUT2D eigenvalue weighted by atomic mass is 16.6. The molecule has 11 heavy (non-hydrogen) atoms. The average Bonchev–Trinajstić information content (AvgIpc) is 1.93. The molecule has 4 N–H and O–H groups in total. The first kappa shape index (κ1) is 8.29. The van der Waals surface area contributed by atoms with Gasteiger partial charge in [-0.1, -0.05) is 0 Å². The summed E-state index contributed by atoms with van der Waals surface area (Å²) < 4.78 is 4.65. The minimum absolute atomic E-state index is 0.436. The summed E-state index contributed by atoms with van der Waals surface area (Å²) in [4.78, 5) is 10.3. The summed E-state index contributed by atoms with van der Waals surface area (Å²) in [5.74, 6) is 0. The Morgan fingerprint density at radius 3 is 3.00 bits per heavy atom. The van der Waals surface area contributed by atoms with Gasteiger partial charge in [0.25, 0.3) is 0 Å². The van der Waals surface area contributed by atoms with Gasteiger partial charge < -0.3 is 20.9 Å². The van der Waals surface area contributed by atoms with E-state index in [4.69, 9.17) is 5.73 Å². The van der Waals surface area contributed by atoms with E-state index in [9.17, 15) is 9.90 Å². The maximum Gasteiger partial charge on any atom is 0.404 e. The number of primary amides is 1. The number of amides is 1. The third-order valence-corrected chi connectivity index (χ3v) is 1.66. The second-order valence-corrected chi connectivity index (χ2v) is 2.54. The monoisotopic (exact) mass is 160 g/mol. The molecule has 0 aromatic rings. The Labute approximate surface area is 64.5 Å². The van der Waals surface area contributed by atoms with E-state index in [-0.39, 0.29) is 0 Å². The molecule has 0 radical (unpaired) electrons. The number of hydrogen-bond acceptors (Lipinski definition) is 4. The van der Waals surface area contributed by atoms with Crippen molar-refractivity contribution in [2.24, 2.45) is 5.73 Å². The topological polar surface area (TPSA) is 84.6 Å². The average molecular weight is 160 g/mol. The van der Waals surface area contributed by atoms with Gasteiger partial charge in [0.1, 0.15) is 12.2 Å². The zero-order valence-corrected chi connectivity index (χ0v) is 6.12. The van der Waals surface area contributed by atoms with Gasteiger partial charge in [-0.2, -0.15) is 0 Å². The smallest absolute Gasteiger partial charge is 0.404 e. The van der Waals surface area contributed by atoms with Crippen molar-refractivity contribution in [1.29, 1.82) is 0 Å². The third kappa shape index (κ3) is 2.36. The predicted molar refractivity (Wildman–Crippen MR) is 37.9 cm³/mol. The van der Waals surface area contributed by atoms with Crippen molar-refractivity contribution < 1.29 is 14.6 Å². The Balaban J connectivity index is 2.35. The Morgan fingerprint density at radius 1 is 1.73 bits per heavy atom. The van der Waals surface area contributed by atoms with Crippen LogP contribution >= 0.6 is 0 Å². The molecule has 1 saturated heterocycles. The van der Waals surface area contributed by atoms with Crippen LogP contribution in [0.1, 0.15) is 6.42 Å². The second-order valence-electron chi connectivity index (χ2n) is 2.54. The number of nitrogens with one attached hydrogen (secondary N) is 1. The van der Waals surface area contributed by atoms with Crippen LogP contribution in [0.5, 0.6) is 0 Å². The standard InChI is InChI=1S/C6H12N2O3/c7-6(10)11-5-1-2-8-3-4(5)9/h4-5,8-9H,1-3H2,(H2,7,10). The summed E-state index contributed by atoms with van der Waals surface area (Å²) in [6.07, 6.45) is -1.27. The highest BCUT2D eigenvalue weighted by molar-refractivity contribution is 5.64. The largest absolute Gasteiger partial charge is 0.444 e. The molecule has 1 aliphatic heterocycles. The molecule has 64 valence electrons. The lowest BCUT2D eigenvalue weighted by Gasteiger charge is -2.27. The molecule has 0 aromatic heterocycles. The molecule has 1 fully saturated rings. The van der Waals surface area contributed by atoms with Gasteiger partial charge in [0, 0.05) is 6.54 Å². The fourth-order valence-electron chi connectivity index (χ4n) is 1.10. The molecule has 5 nitrogen and oxygen atoms in total. The molecule has 5 heteroatoms. The third-order valence-electron chi connectivity index (χ3n) is 1.66. The zero-order valence-electron chi connectivity index (χ0n) is 6.12. The van der Waals surface area contributed by atoms with Gasteiger partial charge in [-0.15, -0.1) is 0 Å². The fourth-order valence-corrected chi connectivity index (χ4v) is 1.10. The van der Waals surface area contributed by atoms with Gasteiger partial charge in [-0.3, -0.25) is 0 Å². The molecule has 1 rings (SSSR count). The number of hydrogen-bond donors (Lipinski definition) is 3. The van der Waals surface area contributed by atoms with Gasteiger partial charge in [0.2, 0.25) is 0 Å². The fraction of sp³-hybridized carbons (Fsp3) is 0.833. The quantitative estimate of drug-likeness (QED) is 0.450. The molecular weight excluding hydrogens is 148 g/mol. The van der Waals surface area contributed by atoms with Crippen LogP contribution in [0.3, 0.4) is 0 Å². The lowest BCUT2D eigenvalue weighted by molar-refractivity contribution is -0.0101. The van der Waals surface area contributed by atoms with Crippen LogP contribution in [-0.2, 0) is 4.74 Å². The Hall–Kier alpha value is -0.810. The van der Waals surface area contributed by atoms with Crippen molar-refractivity contribution in [2.45, 2.75) is 18.6 Å². The minimum Gasteiger partial charge on any atom is -0.444 e. The molecular formula is C6H12N2O3. The number of carbonyl (C=O) groups excluding carboxylic acids is 1. The summed E-state index contributed by atoms with van der Waals surface area (Å²) in [7, 11) is 0. The van der Waals surface area contributed by atoms with Crippen LogP contribution < -0.4 is 11.1 Å². The first-order valence-corrected chi connectivity index (χ1v) is 3.55. The number of nitrogens with two attached hydrogens (primary N) is 1. The van der Waals surface area contributed by atoms with E-state index in [1.54, 1.807) is 0 Å². The number of β-amino-alcohol motifs (C(OH)–C–C–N with tert-alkyl or cyclic N) is 1. The summed E-state index contributed by atoms with van der Waals surface area (Å²) in [5.41, 5.74) is 4.79. The van der Waals surface area contributed by atoms with Crippen LogP contribution in [0.2, 0.25) is 0 Å². The van der Waals surface area contributed by atoms with E-state index in [0.717, 1.165) is 6.54 Å².